The van der Waals surface area contributed by atoms with Crippen LogP contribution in [0.1, 0.15) is 33.9 Å². The molecule has 3 heteroatoms. The fourth-order valence-corrected chi connectivity index (χ4v) is 2.36. The molecule has 0 radical (unpaired) electrons. The van der Waals surface area contributed by atoms with Gasteiger partial charge in [0.2, 0.25) is 0 Å². The lowest BCUT2D eigenvalue weighted by Gasteiger charge is -2.16. The molecule has 0 aliphatic rings. The van der Waals surface area contributed by atoms with Gasteiger partial charge in [-0.2, -0.15) is 0 Å². The highest BCUT2D eigenvalue weighted by Gasteiger charge is 2.15. The fraction of sp³-hybridized carbons (Fsp3) is 0.250. The van der Waals surface area contributed by atoms with Crippen LogP contribution in [0.4, 0.5) is 4.39 Å². The predicted molar refractivity (Wildman–Crippen MR) is 78.1 cm³/mol. The Morgan fingerprint density at radius 1 is 1.00 bits per heavy atom. The number of rotatable bonds is 2. The topological polar surface area (TPSA) is 26.0 Å². The van der Waals surface area contributed by atoms with Crippen molar-refractivity contribution in [3.8, 4) is 0 Å². The lowest BCUT2D eigenvalue weighted by atomic mass is 9.95. The molecule has 0 saturated carbocycles. The maximum absolute atomic E-state index is 13.6. The molecule has 1 nitrogen and oxygen atoms in total. The van der Waals surface area contributed by atoms with Gasteiger partial charge in [-0.15, -0.1) is 0 Å². The highest BCUT2D eigenvalue weighted by Crippen LogP contribution is 2.29. The highest BCUT2D eigenvalue weighted by atomic mass is 35.5. The molecule has 100 valence electrons. The average Bonchev–Trinajstić information content (AvgIpc) is 2.36. The lowest BCUT2D eigenvalue weighted by Crippen LogP contribution is -2.13. The summed E-state index contributed by atoms with van der Waals surface area (Å²) in [7, 11) is 0. The van der Waals surface area contributed by atoms with Crippen molar-refractivity contribution in [1.82, 2.24) is 0 Å². The first-order valence-corrected chi connectivity index (χ1v) is 6.56. The second-order valence-electron chi connectivity index (χ2n) is 4.94. The van der Waals surface area contributed by atoms with Crippen molar-refractivity contribution in [3.63, 3.8) is 0 Å². The van der Waals surface area contributed by atoms with E-state index in [-0.39, 0.29) is 5.82 Å². The van der Waals surface area contributed by atoms with Gasteiger partial charge in [-0.3, -0.25) is 0 Å². The van der Waals surface area contributed by atoms with Gasteiger partial charge in [0.05, 0.1) is 6.04 Å². The van der Waals surface area contributed by atoms with Crippen LogP contribution < -0.4 is 5.73 Å². The SMILES string of the molecule is Cc1cc(Cl)c(C(N)c2ccc(C)c(F)c2)cc1C. The third-order valence-corrected chi connectivity index (χ3v) is 3.83. The van der Waals surface area contributed by atoms with Crippen molar-refractivity contribution in [2.24, 2.45) is 5.73 Å². The lowest BCUT2D eigenvalue weighted by molar-refractivity contribution is 0.614. The number of benzene rings is 2. The molecular formula is C16H17ClFN. The summed E-state index contributed by atoms with van der Waals surface area (Å²) in [6, 6.07) is 8.51. The summed E-state index contributed by atoms with van der Waals surface area (Å²) >= 11 is 6.24. The van der Waals surface area contributed by atoms with Gasteiger partial charge in [-0.1, -0.05) is 29.8 Å². The van der Waals surface area contributed by atoms with Crippen LogP contribution >= 0.6 is 11.6 Å². The molecule has 0 fully saturated rings. The van der Waals surface area contributed by atoms with Gasteiger partial charge < -0.3 is 5.73 Å². The predicted octanol–water partition coefficient (Wildman–Crippen LogP) is 4.45. The van der Waals surface area contributed by atoms with Crippen molar-refractivity contribution >= 4 is 11.6 Å². The van der Waals surface area contributed by atoms with Crippen LogP contribution in [-0.4, -0.2) is 0 Å². The zero-order chi connectivity index (χ0) is 14.2. The normalized spacial score (nSPS) is 12.5. The summed E-state index contributed by atoms with van der Waals surface area (Å²) in [6.07, 6.45) is 0. The van der Waals surface area contributed by atoms with Gasteiger partial charge in [0, 0.05) is 5.02 Å². The maximum atomic E-state index is 13.6. The molecule has 19 heavy (non-hydrogen) atoms. The van der Waals surface area contributed by atoms with Crippen LogP contribution in [0.25, 0.3) is 0 Å². The van der Waals surface area contributed by atoms with E-state index in [4.69, 9.17) is 17.3 Å². The molecule has 0 aliphatic heterocycles. The van der Waals surface area contributed by atoms with Crippen LogP contribution in [0.15, 0.2) is 30.3 Å². The number of hydrogen-bond acceptors (Lipinski definition) is 1. The highest BCUT2D eigenvalue weighted by molar-refractivity contribution is 6.31. The fourth-order valence-electron chi connectivity index (χ4n) is 2.02. The molecule has 1 atom stereocenters. The Hall–Kier alpha value is -1.38. The minimum atomic E-state index is -0.415. The van der Waals surface area contributed by atoms with Gasteiger partial charge in [-0.25, -0.2) is 4.39 Å². The quantitative estimate of drug-likeness (QED) is 0.862. The number of nitrogens with two attached hydrogens (primary N) is 1. The molecule has 0 aliphatic carbocycles. The van der Waals surface area contributed by atoms with E-state index in [1.54, 1.807) is 13.0 Å². The third-order valence-electron chi connectivity index (χ3n) is 3.50. The number of aryl methyl sites for hydroxylation is 3. The molecule has 0 bridgehead atoms. The van der Waals surface area contributed by atoms with Crippen LogP contribution in [0, 0.1) is 26.6 Å². The Bertz CT molecular complexity index is 622. The molecule has 2 aromatic carbocycles. The van der Waals surface area contributed by atoms with Crippen LogP contribution in [0.5, 0.6) is 0 Å². The third kappa shape index (κ3) is 2.80. The van der Waals surface area contributed by atoms with E-state index in [1.807, 2.05) is 32.0 Å². The van der Waals surface area contributed by atoms with Crippen molar-refractivity contribution in [2.45, 2.75) is 26.8 Å². The standard InChI is InChI=1S/C16H17ClFN/c1-9-4-5-12(8-15(9)18)16(19)13-6-10(2)11(3)7-14(13)17/h4-8,16H,19H2,1-3H3. The van der Waals surface area contributed by atoms with Crippen LogP contribution in [-0.2, 0) is 0 Å². The molecule has 0 amide bonds. The van der Waals surface area contributed by atoms with Crippen molar-refractivity contribution in [1.29, 1.82) is 0 Å². The Kier molecular flexibility index (Phi) is 3.93. The monoisotopic (exact) mass is 277 g/mol. The number of halogens is 2. The Labute approximate surface area is 118 Å². The summed E-state index contributed by atoms with van der Waals surface area (Å²) in [4.78, 5) is 0. The van der Waals surface area contributed by atoms with Crippen molar-refractivity contribution < 1.29 is 4.39 Å². The van der Waals surface area contributed by atoms with Crippen LogP contribution in [0.3, 0.4) is 0 Å². The Morgan fingerprint density at radius 3 is 2.26 bits per heavy atom. The molecular weight excluding hydrogens is 261 g/mol. The van der Waals surface area contributed by atoms with Gasteiger partial charge in [0.1, 0.15) is 5.82 Å². The van der Waals surface area contributed by atoms with E-state index in [1.165, 1.54) is 6.07 Å². The summed E-state index contributed by atoms with van der Waals surface area (Å²) < 4.78 is 13.6. The molecule has 0 aromatic heterocycles. The smallest absolute Gasteiger partial charge is 0.126 e. The molecule has 2 rings (SSSR count). The average molecular weight is 278 g/mol. The van der Waals surface area contributed by atoms with E-state index >= 15 is 0 Å². The first-order chi connectivity index (χ1) is 8.90. The second kappa shape index (κ2) is 5.32. The van der Waals surface area contributed by atoms with Crippen molar-refractivity contribution in [2.75, 3.05) is 0 Å². The Morgan fingerprint density at radius 2 is 1.63 bits per heavy atom. The molecule has 0 saturated heterocycles. The zero-order valence-electron chi connectivity index (χ0n) is 11.3. The summed E-state index contributed by atoms with van der Waals surface area (Å²) in [6.45, 7) is 5.74. The van der Waals surface area contributed by atoms with Gasteiger partial charge in [-0.05, 0) is 60.7 Å². The van der Waals surface area contributed by atoms with Gasteiger partial charge in [0.15, 0.2) is 0 Å². The second-order valence-corrected chi connectivity index (χ2v) is 5.35. The Balaban J connectivity index is 2.46. The molecule has 0 heterocycles. The summed E-state index contributed by atoms with van der Waals surface area (Å²) in [5, 5.41) is 0.622. The van der Waals surface area contributed by atoms with E-state index in [0.29, 0.717) is 10.6 Å². The van der Waals surface area contributed by atoms with Gasteiger partial charge >= 0.3 is 0 Å². The minimum absolute atomic E-state index is 0.243. The summed E-state index contributed by atoms with van der Waals surface area (Å²) in [5.74, 6) is -0.243. The molecule has 2 N–H and O–H groups in total. The van der Waals surface area contributed by atoms with E-state index in [2.05, 4.69) is 0 Å². The van der Waals surface area contributed by atoms with E-state index in [0.717, 1.165) is 22.3 Å². The zero-order valence-corrected chi connectivity index (χ0v) is 12.1. The minimum Gasteiger partial charge on any atom is -0.320 e. The van der Waals surface area contributed by atoms with Crippen LogP contribution in [0.2, 0.25) is 5.02 Å². The largest absolute Gasteiger partial charge is 0.320 e. The van der Waals surface area contributed by atoms with Gasteiger partial charge in [0.25, 0.3) is 0 Å². The molecule has 2 aromatic rings. The first-order valence-electron chi connectivity index (χ1n) is 6.18. The van der Waals surface area contributed by atoms with E-state index in [9.17, 15) is 4.39 Å². The maximum Gasteiger partial charge on any atom is 0.126 e. The van der Waals surface area contributed by atoms with E-state index < -0.39 is 6.04 Å². The molecule has 1 unspecified atom stereocenters. The summed E-state index contributed by atoms with van der Waals surface area (Å²) in [5.41, 5.74) is 10.6. The first kappa shape index (κ1) is 14.0. The van der Waals surface area contributed by atoms with Crippen molar-refractivity contribution in [3.05, 3.63) is 69.0 Å². The molecule has 0 spiro atoms. The number of hydrogen-bond donors (Lipinski definition) is 1.